The predicted molar refractivity (Wildman–Crippen MR) is 84.4 cm³/mol. The molecule has 2 aromatic rings. The van der Waals surface area contributed by atoms with Gasteiger partial charge in [-0.15, -0.1) is 0 Å². The van der Waals surface area contributed by atoms with Gasteiger partial charge in [-0.2, -0.15) is 13.2 Å². The van der Waals surface area contributed by atoms with Gasteiger partial charge in [-0.25, -0.2) is 17.2 Å². The third-order valence-electron chi connectivity index (χ3n) is 3.20. The zero-order valence-electron chi connectivity index (χ0n) is 13.4. The van der Waals surface area contributed by atoms with Crippen LogP contribution in [0.3, 0.4) is 0 Å². The van der Waals surface area contributed by atoms with Crippen LogP contribution < -0.4 is 9.46 Å². The maximum atomic E-state index is 13.8. The number of nitrogens with one attached hydrogen (secondary N) is 1. The molecular weight excluding hydrogens is 381 g/mol. The lowest BCUT2D eigenvalue weighted by Crippen LogP contribution is -2.16. The average molecular weight is 395 g/mol. The fourth-order valence-corrected chi connectivity index (χ4v) is 3.14. The summed E-state index contributed by atoms with van der Waals surface area (Å²) >= 11 is 0. The normalized spacial score (nSPS) is 12.1. The van der Waals surface area contributed by atoms with Crippen molar-refractivity contribution < 1.29 is 35.1 Å². The van der Waals surface area contributed by atoms with Crippen LogP contribution in [-0.4, -0.2) is 15.0 Å². The van der Waals surface area contributed by atoms with Crippen LogP contribution in [-0.2, 0) is 16.2 Å². The molecule has 0 spiro atoms. The Bertz CT molecular complexity index is 897. The minimum absolute atomic E-state index is 0.130. The van der Waals surface area contributed by atoms with Gasteiger partial charge in [0, 0.05) is 6.07 Å². The average Bonchev–Trinajstić information content (AvgIpc) is 2.52. The lowest BCUT2D eigenvalue weighted by Gasteiger charge is -2.16. The molecule has 0 amide bonds. The Labute approximate surface area is 146 Å². The number of rotatable bonds is 6. The molecule has 2 aromatic carbocycles. The maximum Gasteiger partial charge on any atom is 0.416 e. The van der Waals surface area contributed by atoms with Gasteiger partial charge in [-0.1, -0.05) is 6.92 Å². The number of sulfonamides is 1. The highest BCUT2D eigenvalue weighted by molar-refractivity contribution is 7.92. The van der Waals surface area contributed by atoms with Crippen molar-refractivity contribution in [3.63, 3.8) is 0 Å². The van der Waals surface area contributed by atoms with Crippen molar-refractivity contribution in [3.05, 3.63) is 53.6 Å². The van der Waals surface area contributed by atoms with Gasteiger partial charge in [0.25, 0.3) is 10.0 Å². The van der Waals surface area contributed by atoms with E-state index in [9.17, 15) is 30.4 Å². The van der Waals surface area contributed by atoms with E-state index < -0.39 is 44.0 Å². The second-order valence-electron chi connectivity index (χ2n) is 5.24. The van der Waals surface area contributed by atoms with E-state index in [0.29, 0.717) is 24.6 Å². The Hall–Kier alpha value is -2.36. The molecule has 0 unspecified atom stereocenters. The number of halogens is 5. The van der Waals surface area contributed by atoms with Crippen molar-refractivity contribution in [1.29, 1.82) is 0 Å². The van der Waals surface area contributed by atoms with E-state index in [2.05, 4.69) is 0 Å². The van der Waals surface area contributed by atoms with Gasteiger partial charge in [0.15, 0.2) is 0 Å². The van der Waals surface area contributed by atoms with E-state index >= 15 is 0 Å². The number of benzene rings is 2. The summed E-state index contributed by atoms with van der Waals surface area (Å²) in [5, 5.41) is 0. The Balaban J connectivity index is 2.47. The highest BCUT2D eigenvalue weighted by Gasteiger charge is 2.32. The summed E-state index contributed by atoms with van der Waals surface area (Å²) in [4.78, 5) is -0.905. The molecule has 2 rings (SSSR count). The standard InChI is InChI=1S/C16H14F5NO3S/c1-2-7-25-14-5-3-10(16(19,20)21)8-13(14)22-26(23,24)15-6-4-11(17)9-12(15)18/h3-6,8-9,22H,2,7H2,1H3. The van der Waals surface area contributed by atoms with Gasteiger partial charge in [0.05, 0.1) is 17.9 Å². The minimum Gasteiger partial charge on any atom is -0.491 e. The third-order valence-corrected chi connectivity index (χ3v) is 4.60. The Morgan fingerprint density at radius 2 is 1.77 bits per heavy atom. The van der Waals surface area contributed by atoms with Crippen molar-refractivity contribution >= 4 is 15.7 Å². The van der Waals surface area contributed by atoms with Crippen molar-refractivity contribution in [2.75, 3.05) is 11.3 Å². The van der Waals surface area contributed by atoms with Crippen LogP contribution in [0.5, 0.6) is 5.75 Å². The van der Waals surface area contributed by atoms with Crippen LogP contribution in [0, 0.1) is 11.6 Å². The zero-order valence-corrected chi connectivity index (χ0v) is 14.2. The van der Waals surface area contributed by atoms with E-state index in [1.54, 1.807) is 6.92 Å². The summed E-state index contributed by atoms with van der Waals surface area (Å²) in [5.74, 6) is -2.51. The Morgan fingerprint density at radius 3 is 2.35 bits per heavy atom. The fraction of sp³-hybridized carbons (Fsp3) is 0.250. The van der Waals surface area contributed by atoms with E-state index in [1.165, 1.54) is 0 Å². The first kappa shape index (κ1) is 20.0. The van der Waals surface area contributed by atoms with E-state index in [4.69, 9.17) is 4.74 Å². The summed E-state index contributed by atoms with van der Waals surface area (Å²) in [7, 11) is -4.61. The van der Waals surface area contributed by atoms with Crippen molar-refractivity contribution in [3.8, 4) is 5.75 Å². The number of alkyl halides is 3. The molecule has 142 valence electrons. The van der Waals surface area contributed by atoms with Gasteiger partial charge in [0.2, 0.25) is 0 Å². The van der Waals surface area contributed by atoms with Crippen molar-refractivity contribution in [2.24, 2.45) is 0 Å². The lowest BCUT2D eigenvalue weighted by atomic mass is 10.2. The Morgan fingerprint density at radius 1 is 1.08 bits per heavy atom. The number of hydrogen-bond acceptors (Lipinski definition) is 3. The predicted octanol–water partition coefficient (Wildman–Crippen LogP) is 4.57. The van der Waals surface area contributed by atoms with E-state index in [0.717, 1.165) is 18.2 Å². The first-order chi connectivity index (χ1) is 12.0. The van der Waals surface area contributed by atoms with Gasteiger partial charge in [-0.3, -0.25) is 4.72 Å². The topological polar surface area (TPSA) is 55.4 Å². The molecule has 1 N–H and O–H groups in total. The van der Waals surface area contributed by atoms with Gasteiger partial charge in [0.1, 0.15) is 22.3 Å². The van der Waals surface area contributed by atoms with Gasteiger partial charge < -0.3 is 4.74 Å². The summed E-state index contributed by atoms with van der Waals surface area (Å²) in [6, 6.07) is 4.00. The third kappa shape index (κ3) is 4.63. The molecule has 0 aliphatic carbocycles. The second kappa shape index (κ2) is 7.48. The zero-order chi connectivity index (χ0) is 19.5. The molecule has 0 saturated heterocycles. The molecule has 0 saturated carbocycles. The minimum atomic E-state index is -4.72. The SMILES string of the molecule is CCCOc1ccc(C(F)(F)F)cc1NS(=O)(=O)c1ccc(F)cc1F. The van der Waals surface area contributed by atoms with Crippen LogP contribution >= 0.6 is 0 Å². The summed E-state index contributed by atoms with van der Waals surface area (Å²) < 4.78 is 97.1. The van der Waals surface area contributed by atoms with Crippen LogP contribution in [0.2, 0.25) is 0 Å². The maximum absolute atomic E-state index is 13.8. The van der Waals surface area contributed by atoms with Crippen LogP contribution in [0.15, 0.2) is 41.3 Å². The highest BCUT2D eigenvalue weighted by atomic mass is 32.2. The number of hydrogen-bond donors (Lipinski definition) is 1. The first-order valence-electron chi connectivity index (χ1n) is 7.36. The van der Waals surface area contributed by atoms with Crippen LogP contribution in [0.25, 0.3) is 0 Å². The molecule has 0 atom stereocenters. The van der Waals surface area contributed by atoms with Gasteiger partial charge >= 0.3 is 6.18 Å². The number of anilines is 1. The quantitative estimate of drug-likeness (QED) is 0.729. The first-order valence-corrected chi connectivity index (χ1v) is 8.85. The molecule has 0 aromatic heterocycles. The smallest absolute Gasteiger partial charge is 0.416 e. The molecule has 26 heavy (non-hydrogen) atoms. The molecule has 0 aliphatic heterocycles. The number of ether oxygens (including phenoxy) is 1. The molecular formula is C16H14F5NO3S. The molecule has 0 heterocycles. The molecule has 0 radical (unpaired) electrons. The highest BCUT2D eigenvalue weighted by Crippen LogP contribution is 2.36. The molecule has 0 fully saturated rings. The molecule has 0 aliphatic rings. The van der Waals surface area contributed by atoms with Crippen molar-refractivity contribution in [1.82, 2.24) is 0 Å². The van der Waals surface area contributed by atoms with Gasteiger partial charge in [-0.05, 0) is 36.8 Å². The summed E-state index contributed by atoms with van der Waals surface area (Å²) in [6.07, 6.45) is -4.19. The van der Waals surface area contributed by atoms with E-state index in [-0.39, 0.29) is 12.4 Å². The summed E-state index contributed by atoms with van der Waals surface area (Å²) in [6.45, 7) is 1.88. The largest absolute Gasteiger partial charge is 0.491 e. The van der Waals surface area contributed by atoms with Crippen molar-refractivity contribution in [2.45, 2.75) is 24.4 Å². The molecule has 4 nitrogen and oxygen atoms in total. The monoisotopic (exact) mass is 395 g/mol. The summed E-state index contributed by atoms with van der Waals surface area (Å²) in [5.41, 5.74) is -1.62. The van der Waals surface area contributed by atoms with Crippen LogP contribution in [0.4, 0.5) is 27.6 Å². The molecule has 10 heteroatoms. The fourth-order valence-electron chi connectivity index (χ4n) is 2.02. The van der Waals surface area contributed by atoms with E-state index in [1.807, 2.05) is 4.72 Å². The lowest BCUT2D eigenvalue weighted by molar-refractivity contribution is -0.137. The van der Waals surface area contributed by atoms with Crippen LogP contribution in [0.1, 0.15) is 18.9 Å². The molecule has 0 bridgehead atoms. The Kier molecular flexibility index (Phi) is 5.74. The second-order valence-corrected chi connectivity index (χ2v) is 6.89.